The van der Waals surface area contributed by atoms with Gasteiger partial charge in [0.05, 0.1) is 0 Å². The van der Waals surface area contributed by atoms with E-state index in [1.54, 1.807) is 6.08 Å². The summed E-state index contributed by atoms with van der Waals surface area (Å²) >= 11 is 0. The Morgan fingerprint density at radius 1 is 1.80 bits per heavy atom. The van der Waals surface area contributed by atoms with Gasteiger partial charge in [-0.15, -0.1) is 12.7 Å². The number of rotatable bonds is 1. The summed E-state index contributed by atoms with van der Waals surface area (Å²) in [5.41, 5.74) is 0. The van der Waals surface area contributed by atoms with Gasteiger partial charge in [-0.1, -0.05) is 0 Å². The topological polar surface area (TPSA) is 0 Å². The Balaban J connectivity index is 0. The van der Waals surface area contributed by atoms with E-state index in [1.165, 1.54) is 0 Å². The first-order valence-corrected chi connectivity index (χ1v) is 1.32. The summed E-state index contributed by atoms with van der Waals surface area (Å²) in [7, 11) is 0. The minimum atomic E-state index is 0. The van der Waals surface area contributed by atoms with Crippen molar-refractivity contribution < 1.29 is 32.7 Å². The number of allylic oxidation sites excluding steroid dienone is 1. The normalized spacial score (nSPS) is 5.00. The summed E-state index contributed by atoms with van der Waals surface area (Å²) in [5, 5.41) is 0. The summed E-state index contributed by atoms with van der Waals surface area (Å²) in [5.74, 6) is 0. The molecular formula is C4H7Y+2. The van der Waals surface area contributed by atoms with E-state index in [4.69, 9.17) is 0 Å². The van der Waals surface area contributed by atoms with Gasteiger partial charge < -0.3 is 6.92 Å². The van der Waals surface area contributed by atoms with E-state index in [0.717, 1.165) is 6.42 Å². The molecule has 0 nitrogen and oxygen atoms in total. The first-order chi connectivity index (χ1) is 1.91. The predicted octanol–water partition coefficient (Wildman–Crippen LogP) is 1.39. The molecule has 0 radical (unpaired) electrons. The molecule has 0 aliphatic carbocycles. The van der Waals surface area contributed by atoms with Crippen LogP contribution in [0.1, 0.15) is 6.42 Å². The van der Waals surface area contributed by atoms with E-state index in [2.05, 4.69) is 13.5 Å². The van der Waals surface area contributed by atoms with Gasteiger partial charge in [-0.3, -0.25) is 0 Å². The first kappa shape index (κ1) is 9.28. The van der Waals surface area contributed by atoms with Crippen LogP contribution in [0.3, 0.4) is 0 Å². The maximum atomic E-state index is 3.49. The Morgan fingerprint density at radius 3 is 2.00 bits per heavy atom. The van der Waals surface area contributed by atoms with Crippen LogP contribution in [0.15, 0.2) is 12.7 Å². The van der Waals surface area contributed by atoms with E-state index >= 15 is 0 Å². The van der Waals surface area contributed by atoms with Crippen LogP contribution in [0, 0.1) is 6.92 Å². The fourth-order valence-corrected chi connectivity index (χ4v) is 0. The van der Waals surface area contributed by atoms with Gasteiger partial charge in [0.2, 0.25) is 0 Å². The molecular weight excluding hydrogens is 137 g/mol. The van der Waals surface area contributed by atoms with Gasteiger partial charge in [-0.2, -0.15) is 6.42 Å². The average Bonchev–Trinajstić information content (AvgIpc) is 1.37. The minimum absolute atomic E-state index is 0. The number of hydrogen-bond donors (Lipinski definition) is 0. The quantitative estimate of drug-likeness (QED) is 0.385. The van der Waals surface area contributed by atoms with Crippen molar-refractivity contribution in [3.63, 3.8) is 0 Å². The van der Waals surface area contributed by atoms with Crippen molar-refractivity contribution in [1.82, 2.24) is 0 Å². The molecule has 0 aromatic rings. The zero-order valence-corrected chi connectivity index (χ0v) is 6.11. The SMILES string of the molecule is C=CC[CH2-].[Y+3]. The van der Waals surface area contributed by atoms with E-state index in [9.17, 15) is 0 Å². The molecule has 0 aliphatic rings. The first-order valence-electron chi connectivity index (χ1n) is 1.32. The van der Waals surface area contributed by atoms with Gasteiger partial charge in [-0.05, 0) is 0 Å². The molecule has 5 heavy (non-hydrogen) atoms. The second-order valence-electron chi connectivity index (χ2n) is 0.577. The van der Waals surface area contributed by atoms with Crippen LogP contribution >= 0.6 is 0 Å². The van der Waals surface area contributed by atoms with Gasteiger partial charge in [-0.25, -0.2) is 0 Å². The molecule has 0 unspecified atom stereocenters. The third-order valence-electron chi connectivity index (χ3n) is 0.204. The summed E-state index contributed by atoms with van der Waals surface area (Å²) < 4.78 is 0. The minimum Gasteiger partial charge on any atom is -0.340 e. The molecule has 0 amide bonds. The van der Waals surface area contributed by atoms with Crippen molar-refractivity contribution in [1.29, 1.82) is 0 Å². The summed E-state index contributed by atoms with van der Waals surface area (Å²) in [6.45, 7) is 6.90. The Labute approximate surface area is 58.5 Å². The molecule has 0 aliphatic heterocycles. The average molecular weight is 144 g/mol. The largest absolute Gasteiger partial charge is 3.00 e. The molecule has 0 saturated carbocycles. The number of hydrogen-bond acceptors (Lipinski definition) is 0. The predicted molar refractivity (Wildman–Crippen MR) is 20.2 cm³/mol. The van der Waals surface area contributed by atoms with E-state index in [1.807, 2.05) is 0 Å². The monoisotopic (exact) mass is 144 g/mol. The Morgan fingerprint density at radius 2 is 2.00 bits per heavy atom. The van der Waals surface area contributed by atoms with Crippen molar-refractivity contribution in [2.24, 2.45) is 0 Å². The molecule has 0 aromatic heterocycles. The van der Waals surface area contributed by atoms with Crippen molar-refractivity contribution in [3.8, 4) is 0 Å². The van der Waals surface area contributed by atoms with E-state index in [0.29, 0.717) is 0 Å². The van der Waals surface area contributed by atoms with Gasteiger partial charge in [0.1, 0.15) is 0 Å². The van der Waals surface area contributed by atoms with E-state index in [-0.39, 0.29) is 32.7 Å². The van der Waals surface area contributed by atoms with Crippen LogP contribution in [-0.2, 0) is 32.7 Å². The van der Waals surface area contributed by atoms with Crippen LogP contribution < -0.4 is 0 Å². The zero-order chi connectivity index (χ0) is 3.41. The van der Waals surface area contributed by atoms with Crippen LogP contribution in [0.2, 0.25) is 0 Å². The second-order valence-corrected chi connectivity index (χ2v) is 0.577. The molecule has 0 aromatic carbocycles. The fraction of sp³-hybridized carbons (Fsp3) is 0.250. The van der Waals surface area contributed by atoms with Crippen molar-refractivity contribution in [2.45, 2.75) is 6.42 Å². The van der Waals surface area contributed by atoms with Crippen LogP contribution in [-0.4, -0.2) is 0 Å². The Hall–Kier alpha value is 0.844. The second kappa shape index (κ2) is 8.85. The molecule has 0 heterocycles. The standard InChI is InChI=1S/C4H7.Y/c1-3-4-2;/h3H,1-2,4H2;/q-1;+3. The maximum Gasteiger partial charge on any atom is 3.00 e. The maximum absolute atomic E-state index is 3.49. The third-order valence-corrected chi connectivity index (χ3v) is 0.204. The van der Waals surface area contributed by atoms with Gasteiger partial charge >= 0.3 is 32.7 Å². The van der Waals surface area contributed by atoms with Crippen molar-refractivity contribution in [3.05, 3.63) is 19.6 Å². The van der Waals surface area contributed by atoms with Gasteiger partial charge in [0, 0.05) is 0 Å². The van der Waals surface area contributed by atoms with Crippen molar-refractivity contribution in [2.75, 3.05) is 0 Å². The molecule has 0 spiro atoms. The molecule has 0 atom stereocenters. The smallest absolute Gasteiger partial charge is 0.340 e. The summed E-state index contributed by atoms with van der Waals surface area (Å²) in [6, 6.07) is 0. The van der Waals surface area contributed by atoms with Crippen LogP contribution in [0.25, 0.3) is 0 Å². The molecule has 24 valence electrons. The van der Waals surface area contributed by atoms with Crippen LogP contribution in [0.5, 0.6) is 0 Å². The molecule has 1 heteroatoms. The fourth-order valence-electron chi connectivity index (χ4n) is 0. The van der Waals surface area contributed by atoms with Gasteiger partial charge in [0.25, 0.3) is 0 Å². The Bertz CT molecular complexity index is 17.6. The van der Waals surface area contributed by atoms with Gasteiger partial charge in [0.15, 0.2) is 0 Å². The summed E-state index contributed by atoms with van der Waals surface area (Å²) in [4.78, 5) is 0. The van der Waals surface area contributed by atoms with E-state index < -0.39 is 0 Å². The van der Waals surface area contributed by atoms with Crippen LogP contribution in [0.4, 0.5) is 0 Å². The molecule has 0 rings (SSSR count). The molecule has 0 fully saturated rings. The van der Waals surface area contributed by atoms with Crippen molar-refractivity contribution >= 4 is 0 Å². The Kier molecular flexibility index (Phi) is 16.4. The molecule has 0 saturated heterocycles. The summed E-state index contributed by atoms with van der Waals surface area (Å²) in [6.07, 6.45) is 2.60. The molecule has 0 N–H and O–H groups in total. The molecule has 0 bridgehead atoms. The third kappa shape index (κ3) is 11.5. The zero-order valence-electron chi connectivity index (χ0n) is 3.28.